The average molecular weight is 676 g/mol. The number of carbonyl (C=O) groups excluding carboxylic acids is 2. The van der Waals surface area contributed by atoms with Crippen LogP contribution >= 0.6 is 0 Å². The lowest BCUT2D eigenvalue weighted by molar-refractivity contribution is -0.122. The van der Waals surface area contributed by atoms with E-state index in [0.717, 1.165) is 41.9 Å². The van der Waals surface area contributed by atoms with Crippen LogP contribution in [0.4, 0.5) is 0 Å². The number of allylic oxidation sites excluding steroid dienone is 1. The molecule has 1 heterocycles. The normalized spacial score (nSPS) is 13.3. The SMILES string of the molecule is C=C1NC(=O)CCC1C.CC.CC.CCC(C)C.CCCC.CCCC(CCC)CC(C)C.CCc1ccc(C)c(C(C)(C)C(C)=O)c1. The first-order valence-corrected chi connectivity index (χ1v) is 20.1. The van der Waals surface area contributed by atoms with Crippen molar-refractivity contribution < 1.29 is 9.59 Å². The highest BCUT2D eigenvalue weighted by atomic mass is 16.1. The van der Waals surface area contributed by atoms with Gasteiger partial charge in [0.25, 0.3) is 0 Å². The van der Waals surface area contributed by atoms with Crippen LogP contribution in [0.3, 0.4) is 0 Å². The second kappa shape index (κ2) is 36.4. The topological polar surface area (TPSA) is 46.2 Å². The number of piperidine rings is 1. The summed E-state index contributed by atoms with van der Waals surface area (Å²) in [5.74, 6) is 3.57. The second-order valence-corrected chi connectivity index (χ2v) is 14.1. The number of ketones is 1. The summed E-state index contributed by atoms with van der Waals surface area (Å²) in [6.45, 7) is 43.9. The smallest absolute Gasteiger partial charge is 0.224 e. The maximum absolute atomic E-state index is 11.6. The summed E-state index contributed by atoms with van der Waals surface area (Å²) >= 11 is 0. The largest absolute Gasteiger partial charge is 0.330 e. The van der Waals surface area contributed by atoms with Crippen LogP contribution in [0.15, 0.2) is 30.5 Å². The van der Waals surface area contributed by atoms with Crippen molar-refractivity contribution in [1.29, 1.82) is 0 Å². The lowest BCUT2D eigenvalue weighted by atomic mass is 9.78. The van der Waals surface area contributed by atoms with E-state index in [-0.39, 0.29) is 17.1 Å². The highest BCUT2D eigenvalue weighted by Crippen LogP contribution is 2.28. The third-order valence-corrected chi connectivity index (χ3v) is 8.48. The Bertz CT molecular complexity index is 873. The van der Waals surface area contributed by atoms with Crippen LogP contribution < -0.4 is 5.32 Å². The van der Waals surface area contributed by atoms with E-state index >= 15 is 0 Å². The lowest BCUT2D eigenvalue weighted by Gasteiger charge is -2.24. The first kappa shape index (κ1) is 55.5. The van der Waals surface area contributed by atoms with Gasteiger partial charge in [0.15, 0.2) is 0 Å². The van der Waals surface area contributed by atoms with Crippen LogP contribution in [0, 0.1) is 30.6 Å². The van der Waals surface area contributed by atoms with Crippen LogP contribution in [-0.2, 0) is 21.4 Å². The Morgan fingerprint density at radius 1 is 0.875 bits per heavy atom. The Morgan fingerprint density at radius 2 is 1.33 bits per heavy atom. The minimum Gasteiger partial charge on any atom is -0.330 e. The fraction of sp³-hybridized carbons (Fsp3) is 0.778. The zero-order valence-corrected chi connectivity index (χ0v) is 36.3. The number of aryl methyl sites for hydroxylation is 2. The standard InChI is InChI=1S/C14H20O.C11H24.C7H11NO.C5H12.C4H10.2C2H6/c1-6-12-8-7-10(2)13(9-12)14(4,5)11(3)15;1-5-7-11(8-6-2)9-10(3)4;1-5-3-4-7(9)8-6(5)2;1-4-5(2)3;1-3-4-2;2*1-2/h7-9H,6H2,1-5H3;10-11H,5-9H2,1-4H3;5H,2-4H2,1H3,(H,8,9);5H,4H2,1-3H3;3-4H2,1-2H3;2*1-2H3. The zero-order chi connectivity index (χ0) is 38.9. The van der Waals surface area contributed by atoms with Gasteiger partial charge in [-0.25, -0.2) is 0 Å². The number of rotatable bonds is 11. The van der Waals surface area contributed by atoms with Gasteiger partial charge in [0.2, 0.25) is 5.91 Å². The summed E-state index contributed by atoms with van der Waals surface area (Å²) in [5, 5.41) is 2.70. The van der Waals surface area contributed by atoms with Gasteiger partial charge in [-0.1, -0.05) is 174 Å². The molecule has 1 amide bonds. The maximum Gasteiger partial charge on any atom is 0.224 e. The number of Topliss-reactive ketones (excluding diaryl/α,β-unsaturated/α-hetero) is 1. The Balaban J connectivity index is -0.000000166. The number of nitrogens with one attached hydrogen (secondary N) is 1. The zero-order valence-electron chi connectivity index (χ0n) is 36.3. The van der Waals surface area contributed by atoms with Gasteiger partial charge in [-0.3, -0.25) is 9.59 Å². The molecule has 0 spiro atoms. The molecule has 1 N–H and O–H groups in total. The van der Waals surface area contributed by atoms with Crippen LogP contribution in [-0.4, -0.2) is 11.7 Å². The molecule has 1 atom stereocenters. The molecular formula is C45H89NO2. The van der Waals surface area contributed by atoms with E-state index in [1.165, 1.54) is 62.5 Å². The van der Waals surface area contributed by atoms with Crippen molar-refractivity contribution in [3.8, 4) is 0 Å². The van der Waals surface area contributed by atoms with Gasteiger partial charge in [0.1, 0.15) is 5.78 Å². The molecule has 1 aliphatic rings. The molecular weight excluding hydrogens is 587 g/mol. The molecule has 286 valence electrons. The van der Waals surface area contributed by atoms with E-state index in [0.29, 0.717) is 12.3 Å². The van der Waals surface area contributed by atoms with E-state index in [2.05, 4.69) is 113 Å². The van der Waals surface area contributed by atoms with Gasteiger partial charge >= 0.3 is 0 Å². The predicted molar refractivity (Wildman–Crippen MR) is 221 cm³/mol. The summed E-state index contributed by atoms with van der Waals surface area (Å²) < 4.78 is 0. The Kier molecular flexibility index (Phi) is 42.1. The van der Waals surface area contributed by atoms with Crippen LogP contribution in [0.2, 0.25) is 0 Å². The molecule has 1 aromatic carbocycles. The van der Waals surface area contributed by atoms with E-state index in [1.807, 2.05) is 41.5 Å². The van der Waals surface area contributed by atoms with Crippen molar-refractivity contribution in [3.63, 3.8) is 0 Å². The Morgan fingerprint density at radius 3 is 1.62 bits per heavy atom. The number of benzene rings is 1. The van der Waals surface area contributed by atoms with Crippen LogP contribution in [0.25, 0.3) is 0 Å². The quantitative estimate of drug-likeness (QED) is 0.254. The summed E-state index contributed by atoms with van der Waals surface area (Å²) in [4.78, 5) is 22.3. The van der Waals surface area contributed by atoms with Crippen LogP contribution in [0.5, 0.6) is 0 Å². The Labute approximate surface area is 304 Å². The van der Waals surface area contributed by atoms with E-state index in [9.17, 15) is 9.59 Å². The van der Waals surface area contributed by atoms with Crippen molar-refractivity contribution in [2.24, 2.45) is 23.7 Å². The molecule has 0 radical (unpaired) electrons. The molecule has 0 aliphatic carbocycles. The molecule has 2 rings (SSSR count). The lowest BCUT2D eigenvalue weighted by Crippen LogP contribution is -2.30. The first-order chi connectivity index (χ1) is 22.5. The summed E-state index contributed by atoms with van der Waals surface area (Å²) in [5.41, 5.74) is 4.16. The number of hydrogen-bond donors (Lipinski definition) is 1. The molecule has 48 heavy (non-hydrogen) atoms. The predicted octanol–water partition coefficient (Wildman–Crippen LogP) is 14.6. The molecule has 0 saturated carbocycles. The molecule has 0 aromatic heterocycles. The summed E-state index contributed by atoms with van der Waals surface area (Å²) in [6.07, 6.45) is 13.6. The average Bonchev–Trinajstić information content (AvgIpc) is 3.06. The Hall–Kier alpha value is -1.90. The molecule has 1 unspecified atom stereocenters. The van der Waals surface area contributed by atoms with Gasteiger partial charge in [0.05, 0.1) is 0 Å². The third kappa shape index (κ3) is 31.4. The van der Waals surface area contributed by atoms with E-state index in [1.54, 1.807) is 6.92 Å². The van der Waals surface area contributed by atoms with Gasteiger partial charge < -0.3 is 5.32 Å². The molecule has 3 heteroatoms. The van der Waals surface area contributed by atoms with Crippen molar-refractivity contribution in [2.75, 3.05) is 0 Å². The minimum atomic E-state index is -0.366. The van der Waals surface area contributed by atoms with Crippen molar-refractivity contribution in [1.82, 2.24) is 5.32 Å². The number of amides is 1. The van der Waals surface area contributed by atoms with Gasteiger partial charge in [-0.05, 0) is 87.3 Å². The van der Waals surface area contributed by atoms with Crippen molar-refractivity contribution >= 4 is 11.7 Å². The number of unbranched alkanes of at least 4 members (excludes halogenated alkanes) is 1. The highest BCUT2D eigenvalue weighted by Gasteiger charge is 2.27. The fourth-order valence-corrected chi connectivity index (χ4v) is 4.50. The molecule has 1 aromatic rings. The second-order valence-electron chi connectivity index (χ2n) is 14.1. The fourth-order valence-electron chi connectivity index (χ4n) is 4.50. The van der Waals surface area contributed by atoms with Crippen molar-refractivity contribution in [2.45, 2.75) is 208 Å². The van der Waals surface area contributed by atoms with Crippen LogP contribution in [0.1, 0.15) is 206 Å². The monoisotopic (exact) mass is 676 g/mol. The molecule has 0 bridgehead atoms. The summed E-state index contributed by atoms with van der Waals surface area (Å²) in [7, 11) is 0. The number of hydrogen-bond acceptors (Lipinski definition) is 2. The van der Waals surface area contributed by atoms with E-state index < -0.39 is 0 Å². The molecule has 1 aliphatic heterocycles. The molecule has 1 saturated heterocycles. The number of carbonyl (C=O) groups is 2. The molecule has 3 nitrogen and oxygen atoms in total. The highest BCUT2D eigenvalue weighted by molar-refractivity contribution is 5.87. The summed E-state index contributed by atoms with van der Waals surface area (Å²) in [6, 6.07) is 6.41. The van der Waals surface area contributed by atoms with Crippen molar-refractivity contribution in [3.05, 3.63) is 47.2 Å². The maximum atomic E-state index is 11.6. The van der Waals surface area contributed by atoms with Gasteiger partial charge in [0, 0.05) is 17.5 Å². The third-order valence-electron chi connectivity index (χ3n) is 8.48. The molecule has 1 fully saturated rings. The van der Waals surface area contributed by atoms with Gasteiger partial charge in [-0.15, -0.1) is 0 Å². The van der Waals surface area contributed by atoms with Gasteiger partial charge in [-0.2, -0.15) is 0 Å². The first-order valence-electron chi connectivity index (χ1n) is 20.1. The van der Waals surface area contributed by atoms with E-state index in [4.69, 9.17) is 0 Å². The minimum absolute atomic E-state index is 0.109.